The van der Waals surface area contributed by atoms with Crippen molar-refractivity contribution < 1.29 is 23.1 Å². The minimum Gasteiger partial charge on any atom is -0.479 e. The van der Waals surface area contributed by atoms with Gasteiger partial charge in [0.1, 0.15) is 0 Å². The second-order valence-corrected chi connectivity index (χ2v) is 4.51. The van der Waals surface area contributed by atoms with Crippen molar-refractivity contribution in [2.45, 2.75) is 18.0 Å². The van der Waals surface area contributed by atoms with Crippen molar-refractivity contribution in [1.29, 1.82) is 5.26 Å². The average molecular weight is 312 g/mol. The van der Waals surface area contributed by atoms with Gasteiger partial charge < -0.3 is 5.11 Å². The highest BCUT2D eigenvalue weighted by Crippen LogP contribution is 2.38. The fourth-order valence-corrected chi connectivity index (χ4v) is 2.07. The molecule has 1 aromatic rings. The van der Waals surface area contributed by atoms with Crippen molar-refractivity contribution in [3.05, 3.63) is 33.8 Å². The van der Waals surface area contributed by atoms with Gasteiger partial charge in [0.25, 0.3) is 6.43 Å². The number of nitrogens with zero attached hydrogens (tertiary/aromatic N) is 1. The molecule has 1 aromatic carbocycles. The number of carbonyl (C=O) groups is 1. The number of benzene rings is 1. The molecule has 2 unspecified atom stereocenters. The number of aliphatic carboxylic acids is 1. The lowest BCUT2D eigenvalue weighted by molar-refractivity contribution is -0.147. The molecule has 0 aromatic heterocycles. The first-order chi connectivity index (χ1) is 8.75. The molecule has 1 N–H and O–H groups in total. The highest BCUT2D eigenvalue weighted by atomic mass is 35.5. The van der Waals surface area contributed by atoms with Gasteiger partial charge in [-0.15, -0.1) is 0 Å². The highest BCUT2D eigenvalue weighted by Gasteiger charge is 2.54. The van der Waals surface area contributed by atoms with Crippen molar-refractivity contribution in [1.82, 2.24) is 0 Å². The molecular weight excluding hydrogens is 306 g/mol. The van der Waals surface area contributed by atoms with Crippen LogP contribution in [0.3, 0.4) is 0 Å². The lowest BCUT2D eigenvalue weighted by Crippen LogP contribution is -2.46. The molecule has 19 heavy (non-hydrogen) atoms. The molecule has 3 nitrogen and oxygen atoms in total. The molecule has 0 aliphatic carbocycles. The first kappa shape index (κ1) is 15.6. The van der Waals surface area contributed by atoms with Crippen molar-refractivity contribution in [3.63, 3.8) is 0 Å². The molecule has 0 radical (unpaired) electrons. The van der Waals surface area contributed by atoms with Crippen molar-refractivity contribution in [2.24, 2.45) is 0 Å². The number of carboxylic acid groups (broad SMARTS) is 1. The lowest BCUT2D eigenvalue weighted by atomic mass is 9.78. The summed E-state index contributed by atoms with van der Waals surface area (Å²) >= 11 is 11.2. The smallest absolute Gasteiger partial charge is 0.340 e. The number of hydrogen-bond donors (Lipinski definition) is 1. The van der Waals surface area contributed by atoms with Crippen LogP contribution < -0.4 is 0 Å². The van der Waals surface area contributed by atoms with Gasteiger partial charge in [-0.2, -0.15) is 5.26 Å². The minimum atomic E-state index is -3.57. The summed E-state index contributed by atoms with van der Waals surface area (Å²) in [6.45, 7) is 0. The average Bonchev–Trinajstić information content (AvgIpc) is 2.28. The normalized spacial score (nSPS) is 15.6. The summed E-state index contributed by atoms with van der Waals surface area (Å²) in [6, 6.07) is 4.01. The zero-order valence-electron chi connectivity index (χ0n) is 9.08. The maximum atomic E-state index is 13.7. The minimum absolute atomic E-state index is 0.111. The molecule has 8 heteroatoms. The largest absolute Gasteiger partial charge is 0.479 e. The summed E-state index contributed by atoms with van der Waals surface area (Å²) in [6.07, 6.45) is -6.69. The van der Waals surface area contributed by atoms with E-state index in [9.17, 15) is 18.0 Å². The van der Waals surface area contributed by atoms with Crippen LogP contribution in [0.15, 0.2) is 18.2 Å². The molecule has 0 amide bonds. The van der Waals surface area contributed by atoms with Crippen LogP contribution >= 0.6 is 23.2 Å². The molecule has 0 heterocycles. The zero-order chi connectivity index (χ0) is 14.8. The first-order valence-corrected chi connectivity index (χ1v) is 5.54. The molecule has 0 saturated carbocycles. The van der Waals surface area contributed by atoms with Gasteiger partial charge in [0, 0.05) is 10.0 Å². The molecule has 0 saturated heterocycles. The number of nitriles is 1. The SMILES string of the molecule is N#CC(c1cc(Cl)cc(Cl)c1)(C(F)F)C(F)C(=O)O. The van der Waals surface area contributed by atoms with Gasteiger partial charge in [-0.1, -0.05) is 23.2 Å². The van der Waals surface area contributed by atoms with Crippen LogP contribution in [-0.2, 0) is 10.2 Å². The van der Waals surface area contributed by atoms with E-state index in [1.165, 1.54) is 6.07 Å². The van der Waals surface area contributed by atoms with E-state index in [0.29, 0.717) is 0 Å². The topological polar surface area (TPSA) is 61.1 Å². The Morgan fingerprint density at radius 2 is 1.74 bits per heavy atom. The maximum Gasteiger partial charge on any atom is 0.340 e. The second kappa shape index (κ2) is 5.68. The van der Waals surface area contributed by atoms with Gasteiger partial charge in [-0.25, -0.2) is 18.0 Å². The van der Waals surface area contributed by atoms with Gasteiger partial charge >= 0.3 is 5.97 Å². The summed E-state index contributed by atoms with van der Waals surface area (Å²) in [7, 11) is 0. The third kappa shape index (κ3) is 2.77. The Morgan fingerprint density at radius 1 is 1.26 bits per heavy atom. The van der Waals surface area contributed by atoms with E-state index in [0.717, 1.165) is 18.2 Å². The van der Waals surface area contributed by atoms with Gasteiger partial charge in [0.2, 0.25) is 6.17 Å². The van der Waals surface area contributed by atoms with Crippen molar-refractivity contribution >= 4 is 29.2 Å². The number of alkyl halides is 3. The molecule has 1 rings (SSSR count). The van der Waals surface area contributed by atoms with Crippen LogP contribution in [-0.4, -0.2) is 23.7 Å². The Hall–Kier alpha value is -1.45. The van der Waals surface area contributed by atoms with Crippen LogP contribution in [0.4, 0.5) is 13.2 Å². The van der Waals surface area contributed by atoms with Crippen molar-refractivity contribution in [3.8, 4) is 6.07 Å². The molecular formula is C11H6Cl2F3NO2. The van der Waals surface area contributed by atoms with Gasteiger partial charge in [-0.05, 0) is 23.8 Å². The summed E-state index contributed by atoms with van der Waals surface area (Å²) in [5, 5.41) is 17.2. The highest BCUT2D eigenvalue weighted by molar-refractivity contribution is 6.34. The molecule has 102 valence electrons. The molecule has 0 aliphatic rings. The molecule has 2 atom stereocenters. The van der Waals surface area contributed by atoms with Crippen LogP contribution in [0.25, 0.3) is 0 Å². The summed E-state index contributed by atoms with van der Waals surface area (Å²) < 4.78 is 39.9. The molecule has 0 aliphatic heterocycles. The standard InChI is InChI=1S/C11H6Cl2F3NO2/c12-6-1-5(2-7(13)3-6)11(4-17,10(15)16)8(14)9(18)19/h1-3,8,10H,(H,18,19). The number of carboxylic acids is 1. The Morgan fingerprint density at radius 3 is 2.05 bits per heavy atom. The first-order valence-electron chi connectivity index (χ1n) is 4.78. The monoisotopic (exact) mass is 311 g/mol. The van der Waals surface area contributed by atoms with Gasteiger partial charge in [0.05, 0.1) is 6.07 Å². The van der Waals surface area contributed by atoms with Crippen LogP contribution in [0, 0.1) is 11.3 Å². The fraction of sp³-hybridized carbons (Fsp3) is 0.273. The van der Waals surface area contributed by atoms with E-state index < -0.39 is 29.5 Å². The van der Waals surface area contributed by atoms with Crippen LogP contribution in [0.5, 0.6) is 0 Å². The lowest BCUT2D eigenvalue weighted by Gasteiger charge is -2.27. The zero-order valence-corrected chi connectivity index (χ0v) is 10.6. The summed E-state index contributed by atoms with van der Waals surface area (Å²) in [5.74, 6) is -2.17. The third-order valence-electron chi connectivity index (χ3n) is 2.49. The Labute approximate surface area is 116 Å². The van der Waals surface area contributed by atoms with Crippen LogP contribution in [0.1, 0.15) is 5.56 Å². The molecule has 0 bridgehead atoms. The molecule has 0 spiro atoms. The molecule has 0 fully saturated rings. The predicted octanol–water partition coefficient (Wildman–Crippen LogP) is 3.44. The number of halogens is 5. The van der Waals surface area contributed by atoms with E-state index in [4.69, 9.17) is 33.6 Å². The third-order valence-corrected chi connectivity index (χ3v) is 2.92. The Bertz CT molecular complexity index is 527. The van der Waals surface area contributed by atoms with E-state index in [1.54, 1.807) is 0 Å². The second-order valence-electron chi connectivity index (χ2n) is 3.64. The quantitative estimate of drug-likeness (QED) is 0.926. The summed E-state index contributed by atoms with van der Waals surface area (Å²) in [4.78, 5) is 10.6. The van der Waals surface area contributed by atoms with E-state index in [-0.39, 0.29) is 10.0 Å². The summed E-state index contributed by atoms with van der Waals surface area (Å²) in [5.41, 5.74) is -3.75. The number of hydrogen-bond acceptors (Lipinski definition) is 2. The van der Waals surface area contributed by atoms with E-state index in [1.807, 2.05) is 0 Å². The Balaban J connectivity index is 3.56. The Kier molecular flexibility index (Phi) is 4.66. The van der Waals surface area contributed by atoms with Gasteiger partial charge in [0.15, 0.2) is 5.41 Å². The fourth-order valence-electron chi connectivity index (χ4n) is 1.54. The number of rotatable bonds is 4. The van der Waals surface area contributed by atoms with Crippen molar-refractivity contribution in [2.75, 3.05) is 0 Å². The van der Waals surface area contributed by atoms with E-state index in [2.05, 4.69) is 0 Å². The van der Waals surface area contributed by atoms with E-state index >= 15 is 0 Å². The van der Waals surface area contributed by atoms with Gasteiger partial charge in [-0.3, -0.25) is 0 Å². The maximum absolute atomic E-state index is 13.7. The predicted molar refractivity (Wildman–Crippen MR) is 62.3 cm³/mol. The van der Waals surface area contributed by atoms with Crippen LogP contribution in [0.2, 0.25) is 10.0 Å².